The number of fused-ring (bicyclic) bond motifs is 2. The number of hydrogen-bond donors (Lipinski definition) is 1. The van der Waals surface area contributed by atoms with Gasteiger partial charge in [-0.3, -0.25) is 4.79 Å². The van der Waals surface area contributed by atoms with E-state index in [1.807, 2.05) is 0 Å². The van der Waals surface area contributed by atoms with Gasteiger partial charge in [-0.1, -0.05) is 23.7 Å². The van der Waals surface area contributed by atoms with Gasteiger partial charge in [0.25, 0.3) is 5.91 Å². The summed E-state index contributed by atoms with van der Waals surface area (Å²) in [6, 6.07) is 9.50. The van der Waals surface area contributed by atoms with E-state index in [4.69, 9.17) is 21.1 Å². The third-order valence-electron chi connectivity index (χ3n) is 3.45. The minimum Gasteiger partial charge on any atom is -0.454 e. The summed E-state index contributed by atoms with van der Waals surface area (Å²) in [4.78, 5) is 12.7. The van der Waals surface area contributed by atoms with Crippen molar-refractivity contribution in [3.05, 3.63) is 52.1 Å². The standard InChI is InChI=1S/C16H9ClFNO3S/c17-14-8-5-11-12(22-7-21-11)6-13(8)23-15(14)16(20)19-10-4-2-1-3-9(10)18/h1-6H,7H2,(H,19,20). The van der Waals surface area contributed by atoms with E-state index < -0.39 is 11.7 Å². The molecule has 0 spiro atoms. The molecule has 0 bridgehead atoms. The zero-order valence-electron chi connectivity index (χ0n) is 11.6. The number of nitrogens with one attached hydrogen (secondary N) is 1. The first-order valence-corrected chi connectivity index (χ1v) is 7.90. The van der Waals surface area contributed by atoms with Gasteiger partial charge in [-0.25, -0.2) is 4.39 Å². The molecule has 23 heavy (non-hydrogen) atoms. The maximum Gasteiger partial charge on any atom is 0.267 e. The van der Waals surface area contributed by atoms with Crippen molar-refractivity contribution in [3.8, 4) is 11.5 Å². The molecular formula is C16H9ClFNO3S. The highest BCUT2D eigenvalue weighted by molar-refractivity contribution is 7.21. The third kappa shape index (κ3) is 2.40. The Kier molecular flexibility index (Phi) is 3.36. The Balaban J connectivity index is 1.73. The quantitative estimate of drug-likeness (QED) is 0.731. The predicted molar refractivity (Wildman–Crippen MR) is 87.3 cm³/mol. The molecule has 0 saturated carbocycles. The lowest BCUT2D eigenvalue weighted by molar-refractivity contribution is 0.103. The highest BCUT2D eigenvalue weighted by Crippen LogP contribution is 2.43. The summed E-state index contributed by atoms with van der Waals surface area (Å²) in [5, 5.41) is 3.56. The molecule has 0 unspecified atom stereocenters. The number of para-hydroxylation sites is 1. The number of amides is 1. The van der Waals surface area contributed by atoms with Crippen molar-refractivity contribution in [1.29, 1.82) is 0 Å². The lowest BCUT2D eigenvalue weighted by Gasteiger charge is -2.04. The maximum atomic E-state index is 13.7. The predicted octanol–water partition coefficient (Wildman–Crippen LogP) is 4.67. The zero-order chi connectivity index (χ0) is 16.0. The van der Waals surface area contributed by atoms with Gasteiger partial charge in [0.1, 0.15) is 10.7 Å². The van der Waals surface area contributed by atoms with E-state index in [-0.39, 0.29) is 12.5 Å². The Bertz CT molecular complexity index is 940. The van der Waals surface area contributed by atoms with Crippen molar-refractivity contribution in [2.45, 2.75) is 0 Å². The van der Waals surface area contributed by atoms with Gasteiger partial charge < -0.3 is 14.8 Å². The highest BCUT2D eigenvalue weighted by atomic mass is 35.5. The van der Waals surface area contributed by atoms with Crippen LogP contribution in [0.25, 0.3) is 10.1 Å². The number of ether oxygens (including phenoxy) is 2. The van der Waals surface area contributed by atoms with Crippen molar-refractivity contribution in [2.24, 2.45) is 0 Å². The average molecular weight is 350 g/mol. The van der Waals surface area contributed by atoms with Crippen LogP contribution in [-0.4, -0.2) is 12.7 Å². The Morgan fingerprint density at radius 2 is 1.96 bits per heavy atom. The van der Waals surface area contributed by atoms with E-state index in [0.29, 0.717) is 26.8 Å². The van der Waals surface area contributed by atoms with Crippen LogP contribution in [0.1, 0.15) is 9.67 Å². The van der Waals surface area contributed by atoms with Gasteiger partial charge in [-0.05, 0) is 18.2 Å². The number of benzene rings is 2. The fourth-order valence-corrected chi connectivity index (χ4v) is 3.76. The molecule has 4 nitrogen and oxygen atoms in total. The fraction of sp³-hybridized carbons (Fsp3) is 0.0625. The summed E-state index contributed by atoms with van der Waals surface area (Å²) in [6.07, 6.45) is 0. The SMILES string of the molecule is O=C(Nc1ccccc1F)c1sc2cc3c(cc2c1Cl)OCO3. The highest BCUT2D eigenvalue weighted by Gasteiger charge is 2.22. The maximum absolute atomic E-state index is 13.7. The van der Waals surface area contributed by atoms with Crippen LogP contribution >= 0.6 is 22.9 Å². The van der Waals surface area contributed by atoms with E-state index >= 15 is 0 Å². The van der Waals surface area contributed by atoms with E-state index in [1.54, 1.807) is 24.3 Å². The molecule has 1 aromatic heterocycles. The van der Waals surface area contributed by atoms with Gasteiger partial charge in [0.2, 0.25) is 6.79 Å². The third-order valence-corrected chi connectivity index (χ3v) is 5.11. The molecule has 1 N–H and O–H groups in total. The summed E-state index contributed by atoms with van der Waals surface area (Å²) in [5.74, 6) is 0.261. The topological polar surface area (TPSA) is 47.6 Å². The molecule has 0 radical (unpaired) electrons. The summed E-state index contributed by atoms with van der Waals surface area (Å²) in [7, 11) is 0. The number of carbonyl (C=O) groups excluding carboxylic acids is 1. The molecule has 0 atom stereocenters. The number of halogens is 2. The first-order chi connectivity index (χ1) is 11.1. The summed E-state index contributed by atoms with van der Waals surface area (Å²) >= 11 is 7.54. The van der Waals surface area contributed by atoms with Gasteiger partial charge in [-0.15, -0.1) is 11.3 Å². The number of rotatable bonds is 2. The monoisotopic (exact) mass is 349 g/mol. The molecule has 1 aliphatic heterocycles. The van der Waals surface area contributed by atoms with Crippen molar-refractivity contribution in [2.75, 3.05) is 12.1 Å². The number of hydrogen-bond acceptors (Lipinski definition) is 4. The Morgan fingerprint density at radius 3 is 2.74 bits per heavy atom. The molecule has 2 aromatic carbocycles. The summed E-state index contributed by atoms with van der Waals surface area (Å²) in [5.41, 5.74) is 0.111. The Hall–Kier alpha value is -2.31. The van der Waals surface area contributed by atoms with Gasteiger partial charge in [0.05, 0.1) is 10.7 Å². The first kappa shape index (κ1) is 14.3. The van der Waals surface area contributed by atoms with Crippen LogP contribution < -0.4 is 14.8 Å². The molecule has 1 amide bonds. The van der Waals surface area contributed by atoms with Crippen LogP contribution in [0.15, 0.2) is 36.4 Å². The van der Waals surface area contributed by atoms with E-state index in [0.717, 1.165) is 4.70 Å². The Labute approximate surface area is 139 Å². The molecule has 4 rings (SSSR count). The van der Waals surface area contributed by atoms with E-state index in [2.05, 4.69) is 5.32 Å². The number of thiophene rings is 1. The van der Waals surface area contributed by atoms with Crippen molar-refractivity contribution < 1.29 is 18.7 Å². The van der Waals surface area contributed by atoms with Gasteiger partial charge in [0, 0.05) is 16.2 Å². The minimum atomic E-state index is -0.501. The largest absolute Gasteiger partial charge is 0.454 e. The van der Waals surface area contributed by atoms with E-state index in [9.17, 15) is 9.18 Å². The normalized spacial score (nSPS) is 12.6. The molecule has 0 saturated heterocycles. The van der Waals surface area contributed by atoms with Crippen LogP contribution in [-0.2, 0) is 0 Å². The second-order valence-corrected chi connectivity index (χ2v) is 6.31. The van der Waals surface area contributed by atoms with Crippen LogP contribution in [0.2, 0.25) is 5.02 Å². The van der Waals surface area contributed by atoms with Crippen molar-refractivity contribution in [3.63, 3.8) is 0 Å². The van der Waals surface area contributed by atoms with Crippen LogP contribution in [0.5, 0.6) is 11.5 Å². The number of carbonyl (C=O) groups is 1. The lowest BCUT2D eigenvalue weighted by atomic mass is 10.2. The van der Waals surface area contributed by atoms with Gasteiger partial charge in [0.15, 0.2) is 11.5 Å². The van der Waals surface area contributed by atoms with Crippen molar-refractivity contribution in [1.82, 2.24) is 0 Å². The smallest absolute Gasteiger partial charge is 0.267 e. The van der Waals surface area contributed by atoms with Gasteiger partial charge >= 0.3 is 0 Å². The minimum absolute atomic E-state index is 0.111. The fourth-order valence-electron chi connectivity index (χ4n) is 2.34. The molecule has 116 valence electrons. The first-order valence-electron chi connectivity index (χ1n) is 6.71. The molecule has 0 fully saturated rings. The number of anilines is 1. The average Bonchev–Trinajstić information content (AvgIpc) is 3.12. The molecule has 3 aromatic rings. The summed E-state index contributed by atoms with van der Waals surface area (Å²) in [6.45, 7) is 0.171. The van der Waals surface area contributed by atoms with Crippen LogP contribution in [0, 0.1) is 5.82 Å². The molecule has 7 heteroatoms. The summed E-state index contributed by atoms with van der Waals surface area (Å²) < 4.78 is 25.1. The van der Waals surface area contributed by atoms with Crippen LogP contribution in [0.3, 0.4) is 0 Å². The Morgan fingerprint density at radius 1 is 1.22 bits per heavy atom. The lowest BCUT2D eigenvalue weighted by Crippen LogP contribution is -2.11. The second-order valence-electron chi connectivity index (χ2n) is 4.88. The zero-order valence-corrected chi connectivity index (χ0v) is 13.1. The van der Waals surface area contributed by atoms with E-state index in [1.165, 1.54) is 23.5 Å². The molecule has 2 heterocycles. The van der Waals surface area contributed by atoms with Crippen LogP contribution in [0.4, 0.5) is 10.1 Å². The molecular weight excluding hydrogens is 341 g/mol. The second kappa shape index (κ2) is 5.40. The van der Waals surface area contributed by atoms with Crippen molar-refractivity contribution >= 4 is 44.6 Å². The van der Waals surface area contributed by atoms with Gasteiger partial charge in [-0.2, -0.15) is 0 Å². The molecule has 1 aliphatic rings. The molecule has 0 aliphatic carbocycles.